The molecular formula is C17H22N2O2. The highest BCUT2D eigenvalue weighted by atomic mass is 16.5. The molecule has 0 atom stereocenters. The van der Waals surface area contributed by atoms with Crippen molar-refractivity contribution in [2.75, 3.05) is 6.54 Å². The van der Waals surface area contributed by atoms with Crippen LogP contribution in [0.15, 0.2) is 28.8 Å². The number of aromatic nitrogens is 1. The van der Waals surface area contributed by atoms with E-state index in [1.165, 1.54) is 11.1 Å². The van der Waals surface area contributed by atoms with E-state index in [0.717, 1.165) is 43.2 Å². The van der Waals surface area contributed by atoms with Gasteiger partial charge in [-0.25, -0.2) is 4.98 Å². The van der Waals surface area contributed by atoms with Crippen molar-refractivity contribution in [3.63, 3.8) is 0 Å². The molecule has 0 amide bonds. The Balaban J connectivity index is 1.62. The Kier molecular flexibility index (Phi) is 4.36. The van der Waals surface area contributed by atoms with Gasteiger partial charge in [-0.3, -0.25) is 0 Å². The fourth-order valence-electron chi connectivity index (χ4n) is 2.51. The largest absolute Gasteiger partial charge is 0.441 e. The summed E-state index contributed by atoms with van der Waals surface area (Å²) < 4.78 is 11.3. The lowest BCUT2D eigenvalue weighted by Crippen LogP contribution is -2.23. The zero-order chi connectivity index (χ0) is 14.7. The van der Waals surface area contributed by atoms with E-state index in [2.05, 4.69) is 42.3 Å². The van der Waals surface area contributed by atoms with E-state index >= 15 is 0 Å². The molecule has 0 aliphatic carbocycles. The number of oxazole rings is 1. The minimum absolute atomic E-state index is 0.527. The van der Waals surface area contributed by atoms with Gasteiger partial charge >= 0.3 is 0 Å². The van der Waals surface area contributed by atoms with Gasteiger partial charge in [0, 0.05) is 18.0 Å². The molecule has 0 fully saturated rings. The topological polar surface area (TPSA) is 47.3 Å². The maximum absolute atomic E-state index is 5.86. The molecule has 2 aromatic rings. The average molecular weight is 286 g/mol. The molecule has 21 heavy (non-hydrogen) atoms. The summed E-state index contributed by atoms with van der Waals surface area (Å²) in [6.45, 7) is 6.72. The van der Waals surface area contributed by atoms with Crippen molar-refractivity contribution >= 4 is 0 Å². The van der Waals surface area contributed by atoms with E-state index in [1.807, 2.05) is 6.20 Å². The summed E-state index contributed by atoms with van der Waals surface area (Å²) in [4.78, 5) is 4.38. The molecule has 1 aromatic heterocycles. The van der Waals surface area contributed by atoms with Crippen LogP contribution in [0, 0.1) is 0 Å². The van der Waals surface area contributed by atoms with Gasteiger partial charge in [0.25, 0.3) is 0 Å². The van der Waals surface area contributed by atoms with E-state index in [-0.39, 0.29) is 0 Å². The van der Waals surface area contributed by atoms with E-state index in [1.54, 1.807) is 0 Å². The van der Waals surface area contributed by atoms with Gasteiger partial charge < -0.3 is 14.5 Å². The second-order valence-corrected chi connectivity index (χ2v) is 5.81. The standard InChI is InChI=1S/C17H22N2O2/c1-12(2)18-7-3-4-17-19-9-16(21-17)13-5-6-14-10-20-11-15(14)8-13/h5-6,8-9,12,18H,3-4,7,10-11H2,1-2H3. The van der Waals surface area contributed by atoms with Crippen LogP contribution in [0.4, 0.5) is 0 Å². The number of ether oxygens (including phenoxy) is 1. The van der Waals surface area contributed by atoms with E-state index in [9.17, 15) is 0 Å². The minimum Gasteiger partial charge on any atom is -0.441 e. The Morgan fingerprint density at radius 2 is 2.10 bits per heavy atom. The van der Waals surface area contributed by atoms with Crippen LogP contribution < -0.4 is 5.32 Å². The second-order valence-electron chi connectivity index (χ2n) is 5.81. The van der Waals surface area contributed by atoms with Gasteiger partial charge in [0.1, 0.15) is 0 Å². The smallest absolute Gasteiger partial charge is 0.194 e. The summed E-state index contributed by atoms with van der Waals surface area (Å²) in [6, 6.07) is 6.87. The highest BCUT2D eigenvalue weighted by Crippen LogP contribution is 2.27. The summed E-state index contributed by atoms with van der Waals surface area (Å²) >= 11 is 0. The van der Waals surface area contributed by atoms with Crippen LogP contribution in [0.25, 0.3) is 11.3 Å². The lowest BCUT2D eigenvalue weighted by atomic mass is 10.1. The molecule has 112 valence electrons. The fraction of sp³-hybridized carbons (Fsp3) is 0.471. The van der Waals surface area contributed by atoms with Gasteiger partial charge in [-0.15, -0.1) is 0 Å². The SMILES string of the molecule is CC(C)NCCCc1ncc(-c2ccc3c(c2)COC3)o1. The Hall–Kier alpha value is -1.65. The highest BCUT2D eigenvalue weighted by Gasteiger charge is 2.13. The Labute approximate surface area is 125 Å². The zero-order valence-electron chi connectivity index (χ0n) is 12.7. The third-order valence-corrected chi connectivity index (χ3v) is 3.68. The van der Waals surface area contributed by atoms with Gasteiger partial charge in [-0.05, 0) is 30.2 Å². The quantitative estimate of drug-likeness (QED) is 0.828. The van der Waals surface area contributed by atoms with Gasteiger partial charge in [0.15, 0.2) is 11.7 Å². The third kappa shape index (κ3) is 3.52. The molecule has 0 saturated heterocycles. The van der Waals surface area contributed by atoms with Crippen LogP contribution in [-0.4, -0.2) is 17.6 Å². The van der Waals surface area contributed by atoms with Gasteiger partial charge in [0.2, 0.25) is 0 Å². The third-order valence-electron chi connectivity index (χ3n) is 3.68. The van der Waals surface area contributed by atoms with Crippen molar-refractivity contribution in [3.8, 4) is 11.3 Å². The van der Waals surface area contributed by atoms with E-state index in [0.29, 0.717) is 12.6 Å². The first kappa shape index (κ1) is 14.3. The first-order valence-corrected chi connectivity index (χ1v) is 7.60. The van der Waals surface area contributed by atoms with E-state index in [4.69, 9.17) is 9.15 Å². The van der Waals surface area contributed by atoms with Crippen molar-refractivity contribution in [1.82, 2.24) is 10.3 Å². The molecular weight excluding hydrogens is 264 g/mol. The van der Waals surface area contributed by atoms with Crippen LogP contribution in [0.1, 0.15) is 37.3 Å². The molecule has 1 aromatic carbocycles. The number of rotatable bonds is 6. The lowest BCUT2D eigenvalue weighted by molar-refractivity contribution is 0.134. The highest BCUT2D eigenvalue weighted by molar-refractivity contribution is 5.59. The van der Waals surface area contributed by atoms with Crippen LogP contribution >= 0.6 is 0 Å². The molecule has 0 unspecified atom stereocenters. The number of nitrogens with zero attached hydrogens (tertiary/aromatic N) is 1. The summed E-state index contributed by atoms with van der Waals surface area (Å²) in [7, 11) is 0. The molecule has 1 aliphatic heterocycles. The lowest BCUT2D eigenvalue weighted by Gasteiger charge is -2.06. The molecule has 0 bridgehead atoms. The summed E-state index contributed by atoms with van der Waals surface area (Å²) in [5, 5.41) is 3.40. The van der Waals surface area contributed by atoms with Gasteiger partial charge in [-0.1, -0.05) is 26.0 Å². The molecule has 0 spiro atoms. The number of hydrogen-bond donors (Lipinski definition) is 1. The molecule has 4 heteroatoms. The Morgan fingerprint density at radius 1 is 1.24 bits per heavy atom. The maximum Gasteiger partial charge on any atom is 0.194 e. The number of aryl methyl sites for hydroxylation is 1. The van der Waals surface area contributed by atoms with Crippen molar-refractivity contribution in [1.29, 1.82) is 0 Å². The molecule has 2 heterocycles. The fourth-order valence-corrected chi connectivity index (χ4v) is 2.51. The molecule has 4 nitrogen and oxygen atoms in total. The van der Waals surface area contributed by atoms with Crippen LogP contribution in [0.5, 0.6) is 0 Å². The molecule has 3 rings (SSSR count). The number of benzene rings is 1. The van der Waals surface area contributed by atoms with Crippen molar-refractivity contribution in [2.45, 2.75) is 45.9 Å². The average Bonchev–Trinajstić information content (AvgIpc) is 3.11. The minimum atomic E-state index is 0.527. The zero-order valence-corrected chi connectivity index (χ0v) is 12.7. The molecule has 1 aliphatic rings. The normalized spacial score (nSPS) is 13.9. The Bertz CT molecular complexity index is 605. The number of fused-ring (bicyclic) bond motifs is 1. The number of nitrogens with one attached hydrogen (secondary N) is 1. The predicted octanol–water partition coefficient (Wildman–Crippen LogP) is 3.30. The monoisotopic (exact) mass is 286 g/mol. The number of hydrogen-bond acceptors (Lipinski definition) is 4. The summed E-state index contributed by atoms with van der Waals surface area (Å²) in [6.07, 6.45) is 3.73. The van der Waals surface area contributed by atoms with Crippen LogP contribution in [0.3, 0.4) is 0 Å². The van der Waals surface area contributed by atoms with Gasteiger partial charge in [-0.2, -0.15) is 0 Å². The van der Waals surface area contributed by atoms with Crippen molar-refractivity contribution in [2.24, 2.45) is 0 Å². The molecule has 1 N–H and O–H groups in total. The molecule has 0 saturated carbocycles. The van der Waals surface area contributed by atoms with Crippen LogP contribution in [0.2, 0.25) is 0 Å². The summed E-state index contributed by atoms with van der Waals surface area (Å²) in [5.41, 5.74) is 3.61. The summed E-state index contributed by atoms with van der Waals surface area (Å²) in [5.74, 6) is 1.66. The first-order chi connectivity index (χ1) is 10.2. The van der Waals surface area contributed by atoms with Gasteiger partial charge in [0.05, 0.1) is 19.4 Å². The van der Waals surface area contributed by atoms with E-state index < -0.39 is 0 Å². The maximum atomic E-state index is 5.86. The molecule has 0 radical (unpaired) electrons. The first-order valence-electron chi connectivity index (χ1n) is 7.60. The van der Waals surface area contributed by atoms with Crippen molar-refractivity contribution in [3.05, 3.63) is 41.4 Å². The Morgan fingerprint density at radius 3 is 2.95 bits per heavy atom. The van der Waals surface area contributed by atoms with Crippen molar-refractivity contribution < 1.29 is 9.15 Å². The second kappa shape index (κ2) is 6.41. The predicted molar refractivity (Wildman–Crippen MR) is 81.9 cm³/mol. The van der Waals surface area contributed by atoms with Crippen LogP contribution in [-0.2, 0) is 24.4 Å².